The topological polar surface area (TPSA) is 37.2 Å². The fourth-order valence-corrected chi connectivity index (χ4v) is 3.57. The average Bonchev–Trinajstić information content (AvgIpc) is 3.01. The highest BCUT2D eigenvalue weighted by molar-refractivity contribution is 6.07. The number of aryl methyl sites for hydroxylation is 1. The van der Waals surface area contributed by atoms with Crippen LogP contribution in [0, 0.1) is 0 Å². The quantitative estimate of drug-likeness (QED) is 0.526. The van der Waals surface area contributed by atoms with Gasteiger partial charge in [0, 0.05) is 34.0 Å². The van der Waals surface area contributed by atoms with Gasteiger partial charge in [-0.15, -0.1) is 0 Å². The van der Waals surface area contributed by atoms with Crippen molar-refractivity contribution in [1.29, 1.82) is 0 Å². The molecule has 3 nitrogen and oxygen atoms in total. The van der Waals surface area contributed by atoms with E-state index in [1.165, 1.54) is 27.4 Å². The first-order valence-electron chi connectivity index (χ1n) is 9.23. The Labute approximate surface area is 153 Å². The molecule has 0 amide bonds. The summed E-state index contributed by atoms with van der Waals surface area (Å²) in [4.78, 5) is 0. The molecule has 0 saturated carbocycles. The monoisotopic (exact) mass is 344 g/mol. The van der Waals surface area contributed by atoms with E-state index in [0.29, 0.717) is 13.1 Å². The molecule has 0 aliphatic rings. The lowest BCUT2D eigenvalue weighted by molar-refractivity contribution is 0.169. The number of nitrogens with zero attached hydrogens (tertiary/aromatic N) is 1. The molecule has 4 aromatic rings. The molecule has 0 fully saturated rings. The van der Waals surface area contributed by atoms with Crippen molar-refractivity contribution < 1.29 is 5.11 Å². The van der Waals surface area contributed by atoms with Gasteiger partial charge in [-0.25, -0.2) is 0 Å². The van der Waals surface area contributed by atoms with Crippen molar-refractivity contribution in [3.8, 4) is 0 Å². The van der Waals surface area contributed by atoms with Crippen LogP contribution in [0.1, 0.15) is 12.5 Å². The minimum atomic E-state index is -0.472. The lowest BCUT2D eigenvalue weighted by Crippen LogP contribution is -2.24. The van der Waals surface area contributed by atoms with Crippen molar-refractivity contribution in [2.24, 2.45) is 0 Å². The Morgan fingerprint density at radius 3 is 2.00 bits per heavy atom. The summed E-state index contributed by atoms with van der Waals surface area (Å²) in [6.45, 7) is 3.23. The molecule has 0 radical (unpaired) electrons. The van der Waals surface area contributed by atoms with E-state index in [4.69, 9.17) is 0 Å². The molecule has 0 aliphatic carbocycles. The van der Waals surface area contributed by atoms with Gasteiger partial charge in [0.15, 0.2) is 0 Å². The standard InChI is InChI=1S/C23H24N2O/c1-2-17-11-13-18(14-12-17)24-15-19(26)16-25-22-9-5-3-7-20(22)21-8-4-6-10-23(21)25/h3-14,19,24,26H,2,15-16H2,1H3. The average molecular weight is 344 g/mol. The Kier molecular flexibility index (Phi) is 4.63. The van der Waals surface area contributed by atoms with Crippen molar-refractivity contribution in [1.82, 2.24) is 4.57 Å². The first-order valence-corrected chi connectivity index (χ1v) is 9.23. The number of nitrogens with one attached hydrogen (secondary N) is 1. The number of fused-ring (bicyclic) bond motifs is 3. The second-order valence-corrected chi connectivity index (χ2v) is 6.73. The van der Waals surface area contributed by atoms with Crippen LogP contribution < -0.4 is 5.32 Å². The normalized spacial score (nSPS) is 12.5. The smallest absolute Gasteiger partial charge is 0.0891 e. The SMILES string of the molecule is CCc1ccc(NCC(O)Cn2c3ccccc3c3ccccc32)cc1. The van der Waals surface area contributed by atoms with Gasteiger partial charge < -0.3 is 15.0 Å². The molecule has 0 saturated heterocycles. The number of aliphatic hydroxyl groups excluding tert-OH is 1. The van der Waals surface area contributed by atoms with E-state index in [9.17, 15) is 5.11 Å². The highest BCUT2D eigenvalue weighted by Gasteiger charge is 2.13. The third-order valence-corrected chi connectivity index (χ3v) is 4.98. The maximum atomic E-state index is 10.6. The summed E-state index contributed by atoms with van der Waals surface area (Å²) in [6, 6.07) is 25.2. The zero-order valence-electron chi connectivity index (χ0n) is 15.0. The number of hydrogen-bond acceptors (Lipinski definition) is 2. The third-order valence-electron chi connectivity index (χ3n) is 4.98. The predicted molar refractivity (Wildman–Crippen MR) is 110 cm³/mol. The van der Waals surface area contributed by atoms with Crippen LogP contribution in [0.4, 0.5) is 5.69 Å². The fraction of sp³-hybridized carbons (Fsp3) is 0.217. The number of rotatable bonds is 6. The van der Waals surface area contributed by atoms with E-state index in [1.807, 2.05) is 0 Å². The summed E-state index contributed by atoms with van der Waals surface area (Å²) < 4.78 is 2.22. The molecular formula is C23H24N2O. The van der Waals surface area contributed by atoms with E-state index in [1.54, 1.807) is 0 Å². The molecule has 132 valence electrons. The van der Waals surface area contributed by atoms with Crippen LogP contribution in [-0.4, -0.2) is 22.3 Å². The summed E-state index contributed by atoms with van der Waals surface area (Å²) >= 11 is 0. The zero-order chi connectivity index (χ0) is 17.9. The number of aliphatic hydroxyl groups is 1. The number of benzene rings is 3. The Bertz CT molecular complexity index is 964. The van der Waals surface area contributed by atoms with Gasteiger partial charge in [0.25, 0.3) is 0 Å². The molecule has 2 N–H and O–H groups in total. The first-order chi connectivity index (χ1) is 12.8. The van der Waals surface area contributed by atoms with Gasteiger partial charge in [0.2, 0.25) is 0 Å². The molecule has 1 atom stereocenters. The summed E-state index contributed by atoms with van der Waals surface area (Å²) in [7, 11) is 0. The summed E-state index contributed by atoms with van der Waals surface area (Å²) in [6.07, 6.45) is 0.566. The Morgan fingerprint density at radius 2 is 1.42 bits per heavy atom. The Balaban J connectivity index is 1.54. The molecular weight excluding hydrogens is 320 g/mol. The predicted octanol–water partition coefficient (Wildman–Crippen LogP) is 4.83. The number of hydrogen-bond donors (Lipinski definition) is 2. The van der Waals surface area contributed by atoms with E-state index in [0.717, 1.165) is 12.1 Å². The maximum Gasteiger partial charge on any atom is 0.0891 e. The second kappa shape index (κ2) is 7.22. The third kappa shape index (κ3) is 3.18. The minimum absolute atomic E-state index is 0.472. The molecule has 26 heavy (non-hydrogen) atoms. The van der Waals surface area contributed by atoms with Crippen LogP contribution in [-0.2, 0) is 13.0 Å². The van der Waals surface area contributed by atoms with Crippen LogP contribution in [0.3, 0.4) is 0 Å². The summed E-state index contributed by atoms with van der Waals surface area (Å²) in [5.74, 6) is 0. The van der Waals surface area contributed by atoms with Crippen LogP contribution >= 0.6 is 0 Å². The van der Waals surface area contributed by atoms with Crippen molar-refractivity contribution >= 4 is 27.5 Å². The molecule has 0 spiro atoms. The molecule has 1 unspecified atom stereocenters. The van der Waals surface area contributed by atoms with Gasteiger partial charge in [0.1, 0.15) is 0 Å². The number of para-hydroxylation sites is 2. The summed E-state index contributed by atoms with van der Waals surface area (Å²) in [5, 5.41) is 16.4. The van der Waals surface area contributed by atoms with Gasteiger partial charge in [-0.2, -0.15) is 0 Å². The van der Waals surface area contributed by atoms with E-state index in [2.05, 4.69) is 89.6 Å². The van der Waals surface area contributed by atoms with Crippen molar-refractivity contribution in [2.75, 3.05) is 11.9 Å². The minimum Gasteiger partial charge on any atom is -0.389 e. The number of aromatic nitrogens is 1. The van der Waals surface area contributed by atoms with Crippen molar-refractivity contribution in [2.45, 2.75) is 26.0 Å². The largest absolute Gasteiger partial charge is 0.389 e. The zero-order valence-corrected chi connectivity index (χ0v) is 15.0. The molecule has 1 aromatic heterocycles. The van der Waals surface area contributed by atoms with Gasteiger partial charge in [-0.3, -0.25) is 0 Å². The van der Waals surface area contributed by atoms with Crippen molar-refractivity contribution in [3.63, 3.8) is 0 Å². The Hall–Kier alpha value is -2.78. The molecule has 1 heterocycles. The Morgan fingerprint density at radius 1 is 0.846 bits per heavy atom. The van der Waals surface area contributed by atoms with Crippen LogP contribution in [0.25, 0.3) is 21.8 Å². The molecule has 3 heteroatoms. The van der Waals surface area contributed by atoms with E-state index >= 15 is 0 Å². The summed E-state index contributed by atoms with van der Waals surface area (Å²) in [5.41, 5.74) is 4.70. The number of anilines is 1. The maximum absolute atomic E-state index is 10.6. The van der Waals surface area contributed by atoms with Gasteiger partial charge >= 0.3 is 0 Å². The highest BCUT2D eigenvalue weighted by atomic mass is 16.3. The lowest BCUT2D eigenvalue weighted by atomic mass is 10.1. The molecule has 0 aliphatic heterocycles. The van der Waals surface area contributed by atoms with Gasteiger partial charge in [0.05, 0.1) is 12.6 Å². The second-order valence-electron chi connectivity index (χ2n) is 6.73. The molecule has 3 aromatic carbocycles. The van der Waals surface area contributed by atoms with Crippen molar-refractivity contribution in [3.05, 3.63) is 78.4 Å². The highest BCUT2D eigenvalue weighted by Crippen LogP contribution is 2.28. The van der Waals surface area contributed by atoms with Gasteiger partial charge in [-0.05, 0) is 36.2 Å². The van der Waals surface area contributed by atoms with Gasteiger partial charge in [-0.1, -0.05) is 55.5 Å². The molecule has 4 rings (SSSR count). The van der Waals surface area contributed by atoms with E-state index < -0.39 is 6.10 Å². The van der Waals surface area contributed by atoms with Crippen LogP contribution in [0.15, 0.2) is 72.8 Å². The fourth-order valence-electron chi connectivity index (χ4n) is 3.57. The first kappa shape index (κ1) is 16.7. The van der Waals surface area contributed by atoms with Crippen LogP contribution in [0.2, 0.25) is 0 Å². The molecule has 0 bridgehead atoms. The van der Waals surface area contributed by atoms with Crippen LogP contribution in [0.5, 0.6) is 0 Å². The van der Waals surface area contributed by atoms with E-state index in [-0.39, 0.29) is 0 Å². The lowest BCUT2D eigenvalue weighted by Gasteiger charge is -2.15.